The maximum absolute atomic E-state index is 12.9. The molecule has 4 aromatic carbocycles. The quantitative estimate of drug-likeness (QED) is 0.144. The second kappa shape index (κ2) is 13.7. The van der Waals surface area contributed by atoms with E-state index >= 15 is 0 Å². The summed E-state index contributed by atoms with van der Waals surface area (Å²) in [6.45, 7) is 2.71. The molecule has 0 spiro atoms. The van der Waals surface area contributed by atoms with Crippen LogP contribution in [0.5, 0.6) is 17.2 Å². The minimum absolute atomic E-state index is 0.0681. The van der Waals surface area contributed by atoms with Gasteiger partial charge in [-0.3, -0.25) is 4.79 Å². The molecule has 0 heterocycles. The van der Waals surface area contributed by atoms with E-state index < -0.39 is 5.91 Å². The van der Waals surface area contributed by atoms with Gasteiger partial charge in [0.25, 0.3) is 5.91 Å². The van der Waals surface area contributed by atoms with Crippen molar-refractivity contribution in [1.82, 2.24) is 0 Å². The normalized spacial score (nSPS) is 10.9. The molecule has 6 nitrogen and oxygen atoms in total. The number of methoxy groups -OCH3 is 1. The first kappa shape index (κ1) is 28.8. The average Bonchev–Trinajstić information content (AvgIpc) is 2.95. The zero-order valence-corrected chi connectivity index (χ0v) is 24.3. The highest BCUT2D eigenvalue weighted by molar-refractivity contribution is 9.10. The number of hydrogen-bond acceptors (Lipinski definition) is 5. The number of nitriles is 1. The largest absolute Gasteiger partial charge is 0.493 e. The SMILES string of the molecule is COc1cc(/C=C(\C#N)C(=O)Nc2ccc(OCc3ccccc3Cl)cc2)cc(Br)c1OCc1cccc(C)c1. The molecule has 0 unspecified atom stereocenters. The summed E-state index contributed by atoms with van der Waals surface area (Å²) in [4.78, 5) is 12.9. The van der Waals surface area contributed by atoms with Crippen molar-refractivity contribution in [2.75, 3.05) is 12.4 Å². The molecule has 0 radical (unpaired) electrons. The van der Waals surface area contributed by atoms with E-state index in [0.717, 1.165) is 16.7 Å². The zero-order valence-electron chi connectivity index (χ0n) is 21.9. The maximum Gasteiger partial charge on any atom is 0.266 e. The van der Waals surface area contributed by atoms with Gasteiger partial charge >= 0.3 is 0 Å². The van der Waals surface area contributed by atoms with Crippen molar-refractivity contribution in [3.63, 3.8) is 0 Å². The number of amides is 1. The van der Waals surface area contributed by atoms with Crippen LogP contribution >= 0.6 is 27.5 Å². The monoisotopic (exact) mass is 616 g/mol. The van der Waals surface area contributed by atoms with E-state index in [2.05, 4.69) is 27.3 Å². The smallest absolute Gasteiger partial charge is 0.266 e. The summed E-state index contributed by atoms with van der Waals surface area (Å²) in [6, 6.07) is 27.8. The fourth-order valence-corrected chi connectivity index (χ4v) is 4.61. The second-order valence-electron chi connectivity index (χ2n) is 8.84. The highest BCUT2D eigenvalue weighted by atomic mass is 79.9. The number of ether oxygens (including phenoxy) is 3. The zero-order chi connectivity index (χ0) is 28.5. The summed E-state index contributed by atoms with van der Waals surface area (Å²) in [5, 5.41) is 13.1. The van der Waals surface area contributed by atoms with E-state index in [9.17, 15) is 10.1 Å². The fraction of sp³-hybridized carbons (Fsp3) is 0.125. The van der Waals surface area contributed by atoms with Crippen LogP contribution in [0.15, 0.2) is 95.0 Å². The Bertz CT molecular complexity index is 1580. The Morgan fingerprint density at radius 3 is 2.48 bits per heavy atom. The minimum atomic E-state index is -0.540. The number of carbonyl (C=O) groups excluding carboxylic acids is 1. The van der Waals surface area contributed by atoms with Crippen LogP contribution in [0.1, 0.15) is 22.3 Å². The van der Waals surface area contributed by atoms with Crippen LogP contribution in [-0.2, 0) is 18.0 Å². The van der Waals surface area contributed by atoms with E-state index in [0.29, 0.717) is 51.2 Å². The van der Waals surface area contributed by atoms with Crippen molar-refractivity contribution < 1.29 is 19.0 Å². The summed E-state index contributed by atoms with van der Waals surface area (Å²) in [5.41, 5.74) is 4.10. The van der Waals surface area contributed by atoms with Crippen LogP contribution in [-0.4, -0.2) is 13.0 Å². The topological polar surface area (TPSA) is 80.6 Å². The molecule has 0 saturated carbocycles. The number of anilines is 1. The number of rotatable bonds is 10. The van der Waals surface area contributed by atoms with Crippen molar-refractivity contribution in [3.8, 4) is 23.3 Å². The van der Waals surface area contributed by atoms with Crippen LogP contribution in [0.25, 0.3) is 6.08 Å². The van der Waals surface area contributed by atoms with Crippen LogP contribution in [0.4, 0.5) is 5.69 Å². The van der Waals surface area contributed by atoms with Crippen molar-refractivity contribution in [3.05, 3.63) is 122 Å². The molecular weight excluding hydrogens is 592 g/mol. The van der Waals surface area contributed by atoms with Gasteiger partial charge in [0.2, 0.25) is 0 Å². The highest BCUT2D eigenvalue weighted by Crippen LogP contribution is 2.38. The number of benzene rings is 4. The Kier molecular flexibility index (Phi) is 9.85. The molecule has 4 rings (SSSR count). The van der Waals surface area contributed by atoms with Crippen LogP contribution in [0.3, 0.4) is 0 Å². The lowest BCUT2D eigenvalue weighted by Crippen LogP contribution is -2.13. The van der Waals surface area contributed by atoms with Gasteiger partial charge in [0.05, 0.1) is 11.6 Å². The summed E-state index contributed by atoms with van der Waals surface area (Å²) in [6.07, 6.45) is 1.49. The maximum atomic E-state index is 12.9. The summed E-state index contributed by atoms with van der Waals surface area (Å²) in [5.74, 6) is 1.08. The Morgan fingerprint density at radius 1 is 1.00 bits per heavy atom. The Hall–Kier alpha value is -4.25. The van der Waals surface area contributed by atoms with Crippen molar-refractivity contribution >= 4 is 45.2 Å². The highest BCUT2D eigenvalue weighted by Gasteiger charge is 2.15. The van der Waals surface area contributed by atoms with Gasteiger partial charge in [-0.1, -0.05) is 59.6 Å². The first-order chi connectivity index (χ1) is 19.4. The Morgan fingerprint density at radius 2 is 1.77 bits per heavy atom. The molecule has 1 amide bonds. The lowest BCUT2D eigenvalue weighted by Gasteiger charge is -2.14. The first-order valence-electron chi connectivity index (χ1n) is 12.3. The third-order valence-corrected chi connectivity index (χ3v) is 6.82. The second-order valence-corrected chi connectivity index (χ2v) is 10.1. The number of halogens is 2. The van der Waals surface area contributed by atoms with Crippen LogP contribution in [0, 0.1) is 18.3 Å². The molecule has 0 fully saturated rings. The molecule has 202 valence electrons. The van der Waals surface area contributed by atoms with Gasteiger partial charge in [-0.2, -0.15) is 5.26 Å². The molecule has 0 aromatic heterocycles. The summed E-state index contributed by atoms with van der Waals surface area (Å²) >= 11 is 9.71. The molecule has 0 bridgehead atoms. The molecule has 0 saturated heterocycles. The number of hydrogen-bond donors (Lipinski definition) is 1. The third kappa shape index (κ3) is 7.66. The molecule has 8 heteroatoms. The predicted molar refractivity (Wildman–Crippen MR) is 161 cm³/mol. The minimum Gasteiger partial charge on any atom is -0.493 e. The van der Waals surface area contributed by atoms with Gasteiger partial charge in [-0.05, 0) is 82.5 Å². The first-order valence-corrected chi connectivity index (χ1v) is 13.5. The predicted octanol–water partition coefficient (Wildman–Crippen LogP) is 8.12. The van der Waals surface area contributed by atoms with E-state index in [4.69, 9.17) is 25.8 Å². The van der Waals surface area contributed by atoms with Gasteiger partial charge < -0.3 is 19.5 Å². The van der Waals surface area contributed by atoms with E-state index in [1.54, 1.807) is 36.4 Å². The molecule has 0 aliphatic carbocycles. The van der Waals surface area contributed by atoms with Gasteiger partial charge in [-0.15, -0.1) is 0 Å². The number of carbonyl (C=O) groups is 1. The number of nitrogens with one attached hydrogen (secondary N) is 1. The summed E-state index contributed by atoms with van der Waals surface area (Å²) in [7, 11) is 1.54. The number of aryl methyl sites for hydroxylation is 1. The van der Waals surface area contributed by atoms with Crippen molar-refractivity contribution in [1.29, 1.82) is 5.26 Å². The standard InChI is InChI=1S/C32H26BrClN2O4/c1-21-6-5-7-22(14-21)19-40-31-28(33)16-23(17-30(31)38-2)15-25(18-35)32(37)36-26-10-12-27(13-11-26)39-20-24-8-3-4-9-29(24)34/h3-17H,19-20H2,1-2H3,(H,36,37)/b25-15+. The van der Waals surface area contributed by atoms with E-state index in [-0.39, 0.29) is 5.57 Å². The molecule has 4 aromatic rings. The van der Waals surface area contributed by atoms with Crippen molar-refractivity contribution in [2.24, 2.45) is 0 Å². The van der Waals surface area contributed by atoms with E-state index in [1.165, 1.54) is 13.2 Å². The third-order valence-electron chi connectivity index (χ3n) is 5.86. The Balaban J connectivity index is 1.42. The van der Waals surface area contributed by atoms with Crippen molar-refractivity contribution in [2.45, 2.75) is 20.1 Å². The fourth-order valence-electron chi connectivity index (χ4n) is 3.85. The molecule has 1 N–H and O–H groups in total. The van der Waals surface area contributed by atoms with Gasteiger partial charge in [-0.25, -0.2) is 0 Å². The van der Waals surface area contributed by atoms with Gasteiger partial charge in [0.15, 0.2) is 11.5 Å². The average molecular weight is 618 g/mol. The molecule has 0 aliphatic heterocycles. The number of nitrogens with zero attached hydrogens (tertiary/aromatic N) is 1. The van der Waals surface area contributed by atoms with Gasteiger partial charge in [0.1, 0.15) is 30.6 Å². The molecule has 0 aliphatic rings. The van der Waals surface area contributed by atoms with E-state index in [1.807, 2.05) is 55.5 Å². The van der Waals surface area contributed by atoms with Crippen LogP contribution in [0.2, 0.25) is 5.02 Å². The molecular formula is C32H26BrClN2O4. The van der Waals surface area contributed by atoms with Crippen LogP contribution < -0.4 is 19.5 Å². The molecule has 0 atom stereocenters. The molecule has 40 heavy (non-hydrogen) atoms. The Labute approximate surface area is 246 Å². The van der Waals surface area contributed by atoms with Gasteiger partial charge in [0, 0.05) is 16.3 Å². The summed E-state index contributed by atoms with van der Waals surface area (Å²) < 4.78 is 18.0. The lowest BCUT2D eigenvalue weighted by atomic mass is 10.1. The lowest BCUT2D eigenvalue weighted by molar-refractivity contribution is -0.112.